The zero-order valence-electron chi connectivity index (χ0n) is 8.64. The van der Waals surface area contributed by atoms with Crippen molar-refractivity contribution < 1.29 is 0 Å². The van der Waals surface area contributed by atoms with E-state index in [-0.39, 0.29) is 0 Å². The van der Waals surface area contributed by atoms with Crippen molar-refractivity contribution >= 4 is 69.9 Å². The van der Waals surface area contributed by atoms with E-state index in [4.69, 9.17) is 46.4 Å². The molecule has 3 rings (SSSR count). The first-order valence-electron chi connectivity index (χ1n) is 4.88. The first kappa shape index (κ1) is 13.3. The van der Waals surface area contributed by atoms with E-state index in [2.05, 4.69) is 0 Å². The largest absolute Gasteiger partial charge is 0.0876 e. The Hall–Kier alpha value is 0.300. The van der Waals surface area contributed by atoms with Crippen molar-refractivity contribution in [1.82, 2.24) is 0 Å². The summed E-state index contributed by atoms with van der Waals surface area (Å²) in [4.78, 5) is 4.33. The highest BCUT2D eigenvalue weighted by Gasteiger charge is 2.20. The highest BCUT2D eigenvalue weighted by atomic mass is 35.5. The SMILES string of the molecule is Clc1cc2c(cc1Cl)Sc1cc(Cl)c(Cl)cc1S2. The summed E-state index contributed by atoms with van der Waals surface area (Å²) in [5.74, 6) is 0. The average Bonchev–Trinajstić information content (AvgIpc) is 2.31. The molecule has 1 heterocycles. The monoisotopic (exact) mass is 352 g/mol. The molecule has 0 saturated heterocycles. The van der Waals surface area contributed by atoms with Gasteiger partial charge in [0, 0.05) is 19.6 Å². The lowest BCUT2D eigenvalue weighted by atomic mass is 10.3. The molecule has 0 atom stereocenters. The highest BCUT2D eigenvalue weighted by molar-refractivity contribution is 8.05. The second-order valence-electron chi connectivity index (χ2n) is 3.63. The van der Waals surface area contributed by atoms with Gasteiger partial charge in [-0.1, -0.05) is 69.9 Å². The van der Waals surface area contributed by atoms with Crippen molar-refractivity contribution in [3.8, 4) is 0 Å². The van der Waals surface area contributed by atoms with Crippen LogP contribution in [0.3, 0.4) is 0 Å². The quantitative estimate of drug-likeness (QED) is 0.430. The van der Waals surface area contributed by atoms with E-state index in [1.807, 2.05) is 24.3 Å². The van der Waals surface area contributed by atoms with E-state index in [0.717, 1.165) is 19.6 Å². The van der Waals surface area contributed by atoms with Gasteiger partial charge in [0.25, 0.3) is 0 Å². The van der Waals surface area contributed by atoms with Crippen molar-refractivity contribution in [2.45, 2.75) is 19.6 Å². The number of rotatable bonds is 0. The van der Waals surface area contributed by atoms with Crippen LogP contribution in [0.4, 0.5) is 0 Å². The normalized spacial score (nSPS) is 13.1. The number of benzene rings is 2. The van der Waals surface area contributed by atoms with E-state index in [1.165, 1.54) is 0 Å². The van der Waals surface area contributed by atoms with Gasteiger partial charge in [0.05, 0.1) is 20.1 Å². The van der Waals surface area contributed by atoms with Crippen molar-refractivity contribution in [2.24, 2.45) is 0 Å². The molecule has 2 aromatic rings. The van der Waals surface area contributed by atoms with Gasteiger partial charge >= 0.3 is 0 Å². The Labute approximate surface area is 133 Å². The first-order valence-corrected chi connectivity index (χ1v) is 8.03. The van der Waals surface area contributed by atoms with Crippen LogP contribution in [0.1, 0.15) is 0 Å². The molecule has 0 saturated carbocycles. The van der Waals surface area contributed by atoms with Crippen LogP contribution >= 0.6 is 69.9 Å². The van der Waals surface area contributed by atoms with Crippen LogP contribution in [0.2, 0.25) is 20.1 Å². The zero-order chi connectivity index (χ0) is 12.9. The van der Waals surface area contributed by atoms with Gasteiger partial charge in [-0.2, -0.15) is 0 Å². The molecule has 0 radical (unpaired) electrons. The Balaban J connectivity index is 2.12. The van der Waals surface area contributed by atoms with E-state index in [1.54, 1.807) is 23.5 Å². The standard InChI is InChI=1S/C12H4Cl4S2/c13-5-1-9-10(2-6(5)14)18-12-4-8(16)7(15)3-11(12)17-9/h1-4H. The predicted octanol–water partition coefficient (Wildman–Crippen LogP) is 6.92. The summed E-state index contributed by atoms with van der Waals surface area (Å²) in [5.41, 5.74) is 0. The third kappa shape index (κ3) is 2.35. The van der Waals surface area contributed by atoms with E-state index in [9.17, 15) is 0 Å². The Morgan fingerprint density at radius 2 is 0.722 bits per heavy atom. The third-order valence-electron chi connectivity index (χ3n) is 2.41. The maximum Gasteiger partial charge on any atom is 0.0604 e. The molecule has 6 heteroatoms. The maximum atomic E-state index is 6.03. The van der Waals surface area contributed by atoms with Gasteiger partial charge < -0.3 is 0 Å². The van der Waals surface area contributed by atoms with Crippen LogP contribution in [0.5, 0.6) is 0 Å². The second kappa shape index (κ2) is 5.01. The number of hydrogen-bond donors (Lipinski definition) is 0. The van der Waals surface area contributed by atoms with E-state index < -0.39 is 0 Å². The average molecular weight is 354 g/mol. The van der Waals surface area contributed by atoms with Crippen molar-refractivity contribution in [1.29, 1.82) is 0 Å². The number of halogens is 4. The molecule has 1 aliphatic rings. The van der Waals surface area contributed by atoms with Crippen molar-refractivity contribution in [3.05, 3.63) is 44.4 Å². The van der Waals surface area contributed by atoms with Gasteiger partial charge in [0.15, 0.2) is 0 Å². The van der Waals surface area contributed by atoms with Crippen LogP contribution < -0.4 is 0 Å². The first-order chi connectivity index (χ1) is 8.54. The van der Waals surface area contributed by atoms with E-state index in [0.29, 0.717) is 20.1 Å². The van der Waals surface area contributed by atoms with Gasteiger partial charge in [-0.25, -0.2) is 0 Å². The Bertz CT molecular complexity index is 544. The molecular formula is C12H4Cl4S2. The lowest BCUT2D eigenvalue weighted by Crippen LogP contribution is -1.90. The Kier molecular flexibility index (Phi) is 3.70. The number of hydrogen-bond acceptors (Lipinski definition) is 2. The van der Waals surface area contributed by atoms with E-state index >= 15 is 0 Å². The molecule has 0 N–H and O–H groups in total. The molecule has 1 aliphatic heterocycles. The lowest BCUT2D eigenvalue weighted by Gasteiger charge is -2.19. The minimum absolute atomic E-state index is 0.562. The molecule has 0 spiro atoms. The molecule has 18 heavy (non-hydrogen) atoms. The fourth-order valence-corrected chi connectivity index (χ4v) is 4.81. The van der Waals surface area contributed by atoms with Crippen LogP contribution in [0.25, 0.3) is 0 Å². The van der Waals surface area contributed by atoms with Gasteiger partial charge in [-0.3, -0.25) is 0 Å². The van der Waals surface area contributed by atoms with Crippen molar-refractivity contribution in [2.75, 3.05) is 0 Å². The van der Waals surface area contributed by atoms with Crippen molar-refractivity contribution in [3.63, 3.8) is 0 Å². The molecule has 0 aliphatic carbocycles. The lowest BCUT2D eigenvalue weighted by molar-refractivity contribution is 1.16. The van der Waals surface area contributed by atoms with Crippen LogP contribution in [-0.4, -0.2) is 0 Å². The summed E-state index contributed by atoms with van der Waals surface area (Å²) in [6.45, 7) is 0. The molecule has 0 nitrogen and oxygen atoms in total. The fraction of sp³-hybridized carbons (Fsp3) is 0. The topological polar surface area (TPSA) is 0 Å². The zero-order valence-corrected chi connectivity index (χ0v) is 13.3. The molecule has 0 aromatic heterocycles. The molecule has 0 fully saturated rings. The Morgan fingerprint density at radius 1 is 0.500 bits per heavy atom. The minimum Gasteiger partial charge on any atom is -0.0876 e. The smallest absolute Gasteiger partial charge is 0.0604 e. The van der Waals surface area contributed by atoms with Crippen LogP contribution in [0.15, 0.2) is 43.8 Å². The summed E-state index contributed by atoms with van der Waals surface area (Å²) in [6.07, 6.45) is 0. The molecule has 2 aromatic carbocycles. The minimum atomic E-state index is 0.562. The van der Waals surface area contributed by atoms with Crippen LogP contribution in [-0.2, 0) is 0 Å². The molecule has 92 valence electrons. The second-order valence-corrected chi connectivity index (χ2v) is 7.43. The summed E-state index contributed by atoms with van der Waals surface area (Å²) in [7, 11) is 0. The Morgan fingerprint density at radius 3 is 0.944 bits per heavy atom. The third-order valence-corrected chi connectivity index (χ3v) is 6.35. The molecule has 0 bridgehead atoms. The summed E-state index contributed by atoms with van der Waals surface area (Å²) in [6, 6.07) is 7.51. The molecular weight excluding hydrogens is 350 g/mol. The highest BCUT2D eigenvalue weighted by Crippen LogP contribution is 2.51. The van der Waals surface area contributed by atoms with Gasteiger partial charge in [-0.05, 0) is 24.3 Å². The van der Waals surface area contributed by atoms with Gasteiger partial charge in [0.1, 0.15) is 0 Å². The molecule has 0 amide bonds. The fourth-order valence-electron chi connectivity index (χ4n) is 1.58. The van der Waals surface area contributed by atoms with Gasteiger partial charge in [0.2, 0.25) is 0 Å². The summed E-state index contributed by atoms with van der Waals surface area (Å²) in [5, 5.41) is 2.25. The van der Waals surface area contributed by atoms with Gasteiger partial charge in [-0.15, -0.1) is 0 Å². The number of fused-ring (bicyclic) bond motifs is 2. The molecule has 0 unspecified atom stereocenters. The maximum absolute atomic E-state index is 6.03. The summed E-state index contributed by atoms with van der Waals surface area (Å²) >= 11 is 27.4. The van der Waals surface area contributed by atoms with Crippen LogP contribution in [0, 0.1) is 0 Å². The predicted molar refractivity (Wildman–Crippen MR) is 81.2 cm³/mol. The summed E-state index contributed by atoms with van der Waals surface area (Å²) < 4.78 is 0.